The van der Waals surface area contributed by atoms with Gasteiger partial charge in [-0.15, -0.1) is 0 Å². The van der Waals surface area contributed by atoms with E-state index in [0.29, 0.717) is 12.2 Å². The molecule has 0 aliphatic heterocycles. The van der Waals surface area contributed by atoms with Crippen molar-refractivity contribution in [2.75, 3.05) is 20.5 Å². The summed E-state index contributed by atoms with van der Waals surface area (Å²) in [6.45, 7) is 0. The maximum absolute atomic E-state index is 10.9. The van der Waals surface area contributed by atoms with Crippen molar-refractivity contribution in [1.82, 2.24) is 0 Å². The molecule has 0 spiro atoms. The third-order valence-electron chi connectivity index (χ3n) is 2.10. The van der Waals surface area contributed by atoms with Crippen LogP contribution in [0.3, 0.4) is 0 Å². The minimum atomic E-state index is -3.47. The maximum atomic E-state index is 10.9. The molecule has 0 bridgehead atoms. The summed E-state index contributed by atoms with van der Waals surface area (Å²) in [5.74, 6) is 0.294. The Morgan fingerprint density at radius 1 is 1.12 bits per heavy atom. The van der Waals surface area contributed by atoms with Crippen molar-refractivity contribution in [2.24, 2.45) is 0 Å². The van der Waals surface area contributed by atoms with Gasteiger partial charge in [-0.1, -0.05) is 12.1 Å². The first-order chi connectivity index (χ1) is 7.94. The van der Waals surface area contributed by atoms with Crippen LogP contribution < -0.4 is 4.18 Å². The van der Waals surface area contributed by atoms with Crippen LogP contribution in [0.15, 0.2) is 24.3 Å². The van der Waals surface area contributed by atoms with Crippen molar-refractivity contribution in [1.29, 1.82) is 0 Å². The molecule has 0 amide bonds. The lowest BCUT2D eigenvalue weighted by Crippen LogP contribution is -2.16. The molecule has 0 unspecified atom stereocenters. The summed E-state index contributed by atoms with van der Waals surface area (Å²) >= 11 is 0. The van der Waals surface area contributed by atoms with E-state index in [0.717, 1.165) is 11.8 Å². The van der Waals surface area contributed by atoms with Gasteiger partial charge >= 0.3 is 10.1 Å². The fourth-order valence-electron chi connectivity index (χ4n) is 1.31. The Labute approximate surface area is 101 Å². The Morgan fingerprint density at radius 3 is 2.06 bits per heavy atom. The molecule has 0 N–H and O–H groups in total. The van der Waals surface area contributed by atoms with Gasteiger partial charge in [0.2, 0.25) is 0 Å². The van der Waals surface area contributed by atoms with Gasteiger partial charge in [0.15, 0.2) is 6.29 Å². The van der Waals surface area contributed by atoms with Crippen molar-refractivity contribution in [3.8, 4) is 5.75 Å². The van der Waals surface area contributed by atoms with Crippen LogP contribution in [-0.2, 0) is 26.0 Å². The van der Waals surface area contributed by atoms with E-state index in [2.05, 4.69) is 0 Å². The van der Waals surface area contributed by atoms with Gasteiger partial charge in [0.25, 0.3) is 0 Å². The molecular formula is C11H16O5S. The second-order valence-electron chi connectivity index (χ2n) is 3.54. The summed E-state index contributed by atoms with van der Waals surface area (Å²) < 4.78 is 36.6. The minimum Gasteiger partial charge on any atom is -0.383 e. The average Bonchev–Trinajstić information content (AvgIpc) is 2.26. The summed E-state index contributed by atoms with van der Waals surface area (Å²) in [6.07, 6.45) is 1.29. The standard InChI is InChI=1S/C11H16O5S/c1-14-11(15-2)8-9-4-6-10(7-5-9)16-17(3,12)13/h4-7,11H,8H2,1-3H3. The Kier molecular flexibility index (Phi) is 4.92. The molecule has 0 aromatic heterocycles. The van der Waals surface area contributed by atoms with Crippen molar-refractivity contribution < 1.29 is 22.1 Å². The van der Waals surface area contributed by atoms with E-state index in [-0.39, 0.29) is 6.29 Å². The lowest BCUT2D eigenvalue weighted by Gasteiger charge is -2.13. The van der Waals surface area contributed by atoms with Gasteiger partial charge in [0, 0.05) is 20.6 Å². The smallest absolute Gasteiger partial charge is 0.306 e. The topological polar surface area (TPSA) is 61.8 Å². The third kappa shape index (κ3) is 5.16. The molecule has 17 heavy (non-hydrogen) atoms. The van der Waals surface area contributed by atoms with Crippen LogP contribution in [0.4, 0.5) is 0 Å². The van der Waals surface area contributed by atoms with Crippen LogP contribution >= 0.6 is 0 Å². The lowest BCUT2D eigenvalue weighted by atomic mass is 10.1. The SMILES string of the molecule is COC(Cc1ccc(OS(C)(=O)=O)cc1)OC. The van der Waals surface area contributed by atoms with Crippen molar-refractivity contribution in [2.45, 2.75) is 12.7 Å². The molecule has 1 aromatic rings. The fraction of sp³-hybridized carbons (Fsp3) is 0.455. The van der Waals surface area contributed by atoms with Gasteiger partial charge in [0.05, 0.1) is 6.26 Å². The molecule has 1 aromatic carbocycles. The monoisotopic (exact) mass is 260 g/mol. The highest BCUT2D eigenvalue weighted by Gasteiger charge is 2.08. The van der Waals surface area contributed by atoms with Gasteiger partial charge in [-0.2, -0.15) is 8.42 Å². The van der Waals surface area contributed by atoms with Crippen LogP contribution in [0.1, 0.15) is 5.56 Å². The number of benzene rings is 1. The zero-order valence-corrected chi connectivity index (χ0v) is 10.9. The molecule has 6 heteroatoms. The van der Waals surface area contributed by atoms with Gasteiger partial charge < -0.3 is 13.7 Å². The Balaban J connectivity index is 2.68. The van der Waals surface area contributed by atoms with Crippen LogP contribution in [0.5, 0.6) is 5.75 Å². The summed E-state index contributed by atoms with van der Waals surface area (Å²) in [5, 5.41) is 0. The zero-order valence-electron chi connectivity index (χ0n) is 10.0. The van der Waals surface area contributed by atoms with E-state index in [1.165, 1.54) is 0 Å². The minimum absolute atomic E-state index is 0.294. The first-order valence-electron chi connectivity index (χ1n) is 4.98. The highest BCUT2D eigenvalue weighted by atomic mass is 32.2. The molecule has 96 valence electrons. The van der Waals surface area contributed by atoms with Gasteiger partial charge in [0.1, 0.15) is 5.75 Å². The Hall–Kier alpha value is -1.11. The predicted molar refractivity (Wildman–Crippen MR) is 63.4 cm³/mol. The van der Waals surface area contributed by atoms with Gasteiger partial charge in [-0.05, 0) is 17.7 Å². The van der Waals surface area contributed by atoms with Crippen molar-refractivity contribution in [3.05, 3.63) is 29.8 Å². The van der Waals surface area contributed by atoms with Crippen LogP contribution in [0.25, 0.3) is 0 Å². The number of methoxy groups -OCH3 is 2. The van der Waals surface area contributed by atoms with E-state index in [9.17, 15) is 8.42 Å². The number of ether oxygens (including phenoxy) is 2. The zero-order chi connectivity index (χ0) is 12.9. The van der Waals surface area contributed by atoms with Crippen LogP contribution in [0, 0.1) is 0 Å². The molecule has 0 heterocycles. The largest absolute Gasteiger partial charge is 0.383 e. The highest BCUT2D eigenvalue weighted by molar-refractivity contribution is 7.86. The molecule has 0 radical (unpaired) electrons. The Morgan fingerprint density at radius 2 is 1.65 bits per heavy atom. The second-order valence-corrected chi connectivity index (χ2v) is 5.11. The van der Waals surface area contributed by atoms with Crippen molar-refractivity contribution >= 4 is 10.1 Å². The van der Waals surface area contributed by atoms with E-state index >= 15 is 0 Å². The van der Waals surface area contributed by atoms with E-state index in [1.54, 1.807) is 38.5 Å². The normalized spacial score (nSPS) is 11.8. The molecule has 0 aliphatic carbocycles. The molecular weight excluding hydrogens is 244 g/mol. The summed E-state index contributed by atoms with van der Waals surface area (Å²) in [5.41, 5.74) is 0.972. The summed E-state index contributed by atoms with van der Waals surface area (Å²) in [7, 11) is -0.342. The molecule has 0 aliphatic rings. The number of rotatable bonds is 6. The van der Waals surface area contributed by atoms with Gasteiger partial charge in [-0.3, -0.25) is 0 Å². The first kappa shape index (κ1) is 14.0. The fourth-order valence-corrected chi connectivity index (χ4v) is 1.77. The molecule has 0 fully saturated rings. The van der Waals surface area contributed by atoms with Crippen LogP contribution in [-0.4, -0.2) is 35.2 Å². The molecule has 0 saturated carbocycles. The summed E-state index contributed by atoms with van der Waals surface area (Å²) in [6, 6.07) is 6.73. The average molecular weight is 260 g/mol. The maximum Gasteiger partial charge on any atom is 0.306 e. The molecule has 5 nitrogen and oxygen atoms in total. The predicted octanol–water partition coefficient (Wildman–Crippen LogP) is 1.19. The summed E-state index contributed by atoms with van der Waals surface area (Å²) in [4.78, 5) is 0. The molecule has 0 saturated heterocycles. The first-order valence-corrected chi connectivity index (χ1v) is 6.80. The third-order valence-corrected chi connectivity index (χ3v) is 2.59. The van der Waals surface area contributed by atoms with Gasteiger partial charge in [-0.25, -0.2) is 0 Å². The number of hydrogen-bond acceptors (Lipinski definition) is 5. The number of hydrogen-bond donors (Lipinski definition) is 0. The Bertz CT molecular complexity index is 433. The van der Waals surface area contributed by atoms with E-state index < -0.39 is 10.1 Å². The van der Waals surface area contributed by atoms with Crippen LogP contribution in [0.2, 0.25) is 0 Å². The lowest BCUT2D eigenvalue weighted by molar-refractivity contribution is -0.100. The second kappa shape index (κ2) is 6.00. The van der Waals surface area contributed by atoms with E-state index in [1.807, 2.05) is 0 Å². The van der Waals surface area contributed by atoms with E-state index in [4.69, 9.17) is 13.7 Å². The van der Waals surface area contributed by atoms with Crippen molar-refractivity contribution in [3.63, 3.8) is 0 Å². The molecule has 0 atom stereocenters. The quantitative estimate of drug-likeness (QED) is 0.568. The highest BCUT2D eigenvalue weighted by Crippen LogP contribution is 2.15. The molecule has 1 rings (SSSR count).